The van der Waals surface area contributed by atoms with Crippen LogP contribution < -0.4 is 0 Å². The molecule has 0 spiro atoms. The van der Waals surface area contributed by atoms with Crippen LogP contribution in [0.1, 0.15) is 12.8 Å². The minimum atomic E-state index is 0.391. The van der Waals surface area contributed by atoms with E-state index in [0.29, 0.717) is 5.54 Å². The van der Waals surface area contributed by atoms with Gasteiger partial charge in [0, 0.05) is 24.5 Å². The molecule has 0 aliphatic heterocycles. The monoisotopic (exact) mass is 215 g/mol. The van der Waals surface area contributed by atoms with E-state index in [-0.39, 0.29) is 0 Å². The predicted molar refractivity (Wildman–Crippen MR) is 65.4 cm³/mol. The van der Waals surface area contributed by atoms with Gasteiger partial charge in [0.05, 0.1) is 11.0 Å². The van der Waals surface area contributed by atoms with Gasteiger partial charge in [-0.3, -0.25) is 4.98 Å². The molecule has 1 fully saturated rings. The van der Waals surface area contributed by atoms with Gasteiger partial charge in [0.2, 0.25) is 0 Å². The summed E-state index contributed by atoms with van der Waals surface area (Å²) < 4.78 is 2.33. The number of rotatable bonds is 3. The molecule has 2 aromatic heterocycles. The maximum Gasteiger partial charge on any atom is 0.0880 e. The molecular formula is C13H17N3. The quantitative estimate of drug-likeness (QED) is 0.782. The Hall–Kier alpha value is -1.35. The minimum Gasteiger partial charge on any atom is -0.344 e. The smallest absolute Gasteiger partial charge is 0.0880 e. The Morgan fingerprint density at radius 1 is 1.38 bits per heavy atom. The van der Waals surface area contributed by atoms with Crippen LogP contribution in [0.2, 0.25) is 0 Å². The first-order valence-electron chi connectivity index (χ1n) is 5.79. The molecule has 84 valence electrons. The van der Waals surface area contributed by atoms with Crippen molar-refractivity contribution in [3.63, 3.8) is 0 Å². The first-order chi connectivity index (χ1) is 7.71. The van der Waals surface area contributed by atoms with Crippen LogP contribution in [0.3, 0.4) is 0 Å². The molecule has 0 aromatic carbocycles. The van der Waals surface area contributed by atoms with Crippen LogP contribution in [0.15, 0.2) is 30.6 Å². The number of likely N-dealkylation sites (N-methyl/N-ethyl adjacent to an activating group) is 1. The van der Waals surface area contributed by atoms with Gasteiger partial charge in [-0.05, 0) is 45.1 Å². The summed E-state index contributed by atoms with van der Waals surface area (Å²) in [6.45, 7) is 1.08. The van der Waals surface area contributed by atoms with Crippen LogP contribution in [0.5, 0.6) is 0 Å². The first-order valence-corrected chi connectivity index (χ1v) is 5.79. The third-order valence-electron chi connectivity index (χ3n) is 3.78. The number of nitrogens with zero attached hydrogens (tertiary/aromatic N) is 3. The highest BCUT2D eigenvalue weighted by Gasteiger charge is 2.45. The Balaban J connectivity index is 1.95. The van der Waals surface area contributed by atoms with Crippen LogP contribution in [0.4, 0.5) is 0 Å². The topological polar surface area (TPSA) is 21.1 Å². The summed E-state index contributed by atoms with van der Waals surface area (Å²) in [5, 5.41) is 0. The molecule has 1 saturated carbocycles. The fourth-order valence-corrected chi connectivity index (χ4v) is 2.37. The Labute approximate surface area is 95.7 Å². The molecule has 3 rings (SSSR count). The van der Waals surface area contributed by atoms with Crippen molar-refractivity contribution < 1.29 is 0 Å². The summed E-state index contributed by atoms with van der Waals surface area (Å²) in [7, 11) is 4.36. The zero-order valence-corrected chi connectivity index (χ0v) is 9.85. The van der Waals surface area contributed by atoms with Gasteiger partial charge in [0.1, 0.15) is 0 Å². The van der Waals surface area contributed by atoms with Gasteiger partial charge in [-0.1, -0.05) is 0 Å². The van der Waals surface area contributed by atoms with E-state index in [4.69, 9.17) is 0 Å². The summed E-state index contributed by atoms with van der Waals surface area (Å²) in [6.07, 6.45) is 6.62. The lowest BCUT2D eigenvalue weighted by atomic mass is 10.2. The third-order valence-corrected chi connectivity index (χ3v) is 3.78. The number of fused-ring (bicyclic) bond motifs is 1. The van der Waals surface area contributed by atoms with E-state index >= 15 is 0 Å². The highest BCUT2D eigenvalue weighted by molar-refractivity contribution is 5.75. The van der Waals surface area contributed by atoms with Gasteiger partial charge in [-0.25, -0.2) is 0 Å². The van der Waals surface area contributed by atoms with Crippen molar-refractivity contribution in [3.05, 3.63) is 30.6 Å². The van der Waals surface area contributed by atoms with E-state index in [0.717, 1.165) is 12.1 Å². The second-order valence-electron chi connectivity index (χ2n) is 4.97. The zero-order valence-electron chi connectivity index (χ0n) is 9.85. The van der Waals surface area contributed by atoms with E-state index < -0.39 is 0 Å². The normalized spacial score (nSPS) is 18.2. The lowest BCUT2D eigenvalue weighted by Crippen LogP contribution is -2.34. The maximum absolute atomic E-state index is 4.36. The highest BCUT2D eigenvalue weighted by Crippen LogP contribution is 2.42. The molecular weight excluding hydrogens is 198 g/mol. The van der Waals surface area contributed by atoms with Crippen LogP contribution in [-0.2, 0) is 6.54 Å². The summed E-state index contributed by atoms with van der Waals surface area (Å²) in [5.74, 6) is 0. The van der Waals surface area contributed by atoms with Crippen molar-refractivity contribution in [1.82, 2.24) is 14.5 Å². The third kappa shape index (κ3) is 1.43. The summed E-state index contributed by atoms with van der Waals surface area (Å²) in [4.78, 5) is 6.72. The Morgan fingerprint density at radius 3 is 2.88 bits per heavy atom. The van der Waals surface area contributed by atoms with Crippen LogP contribution >= 0.6 is 0 Å². The van der Waals surface area contributed by atoms with E-state index in [1.807, 2.05) is 12.3 Å². The molecule has 0 N–H and O–H groups in total. The standard InChI is InChI=1S/C13H17N3/c1-15(2)13(6-7-13)10-16-9-5-11-12(16)4-3-8-14-11/h3-5,8-9H,6-7,10H2,1-2H3. The molecule has 0 bridgehead atoms. The van der Waals surface area contributed by atoms with E-state index in [9.17, 15) is 0 Å². The van der Waals surface area contributed by atoms with Crippen LogP contribution in [0.25, 0.3) is 11.0 Å². The summed E-state index contributed by atoms with van der Waals surface area (Å²) in [6, 6.07) is 6.25. The number of pyridine rings is 1. The molecule has 2 aromatic rings. The summed E-state index contributed by atoms with van der Waals surface area (Å²) >= 11 is 0. The van der Waals surface area contributed by atoms with Crippen molar-refractivity contribution >= 4 is 11.0 Å². The highest BCUT2D eigenvalue weighted by atomic mass is 15.2. The van der Waals surface area contributed by atoms with Crippen molar-refractivity contribution in [2.45, 2.75) is 24.9 Å². The fourth-order valence-electron chi connectivity index (χ4n) is 2.37. The van der Waals surface area contributed by atoms with E-state index in [1.165, 1.54) is 18.4 Å². The van der Waals surface area contributed by atoms with Crippen molar-refractivity contribution in [2.75, 3.05) is 14.1 Å². The lowest BCUT2D eigenvalue weighted by Gasteiger charge is -2.24. The Morgan fingerprint density at radius 2 is 2.19 bits per heavy atom. The number of aromatic nitrogens is 2. The summed E-state index contributed by atoms with van der Waals surface area (Å²) in [5.41, 5.74) is 2.73. The zero-order chi connectivity index (χ0) is 11.2. The van der Waals surface area contributed by atoms with Gasteiger partial charge < -0.3 is 9.47 Å². The van der Waals surface area contributed by atoms with Gasteiger partial charge in [0.25, 0.3) is 0 Å². The molecule has 16 heavy (non-hydrogen) atoms. The molecule has 3 nitrogen and oxygen atoms in total. The van der Waals surface area contributed by atoms with E-state index in [1.54, 1.807) is 0 Å². The van der Waals surface area contributed by atoms with Crippen molar-refractivity contribution in [2.24, 2.45) is 0 Å². The molecule has 0 atom stereocenters. The molecule has 2 heterocycles. The second-order valence-corrected chi connectivity index (χ2v) is 4.97. The molecule has 1 aliphatic rings. The van der Waals surface area contributed by atoms with Gasteiger partial charge in [-0.2, -0.15) is 0 Å². The second kappa shape index (κ2) is 3.32. The van der Waals surface area contributed by atoms with Crippen molar-refractivity contribution in [1.29, 1.82) is 0 Å². The van der Waals surface area contributed by atoms with E-state index in [2.05, 4.69) is 46.9 Å². The Bertz CT molecular complexity index is 509. The average Bonchev–Trinajstić information content (AvgIpc) is 2.96. The predicted octanol–water partition coefficient (Wildman–Crippen LogP) is 2.13. The minimum absolute atomic E-state index is 0.391. The van der Waals surface area contributed by atoms with Crippen molar-refractivity contribution in [3.8, 4) is 0 Å². The molecule has 3 heteroatoms. The van der Waals surface area contributed by atoms with Gasteiger partial charge >= 0.3 is 0 Å². The molecule has 1 aliphatic carbocycles. The average molecular weight is 215 g/mol. The molecule has 0 amide bonds. The van der Waals surface area contributed by atoms with Gasteiger partial charge in [-0.15, -0.1) is 0 Å². The fraction of sp³-hybridized carbons (Fsp3) is 0.462. The van der Waals surface area contributed by atoms with Gasteiger partial charge in [0.15, 0.2) is 0 Å². The SMILES string of the molecule is CN(C)C1(Cn2ccc3ncccc32)CC1. The number of hydrogen-bond acceptors (Lipinski definition) is 2. The molecule has 0 saturated heterocycles. The Kier molecular flexibility index (Phi) is 2.04. The van der Waals surface area contributed by atoms with Crippen LogP contribution in [-0.4, -0.2) is 34.1 Å². The lowest BCUT2D eigenvalue weighted by molar-refractivity contribution is 0.244. The first kappa shape index (κ1) is 9.85. The van der Waals surface area contributed by atoms with Crippen LogP contribution in [0, 0.1) is 0 Å². The molecule has 0 unspecified atom stereocenters. The molecule has 0 radical (unpaired) electrons. The maximum atomic E-state index is 4.36. The number of hydrogen-bond donors (Lipinski definition) is 0. The largest absolute Gasteiger partial charge is 0.344 e.